The molecular formula is C12H17F3O3. The number of alkyl halides is 3. The molecule has 0 amide bonds. The molecule has 0 fully saturated rings. The molecule has 0 bridgehead atoms. The zero-order valence-corrected chi connectivity index (χ0v) is 10.3. The van der Waals surface area contributed by atoms with Crippen molar-refractivity contribution in [3.8, 4) is 0 Å². The van der Waals surface area contributed by atoms with Crippen molar-refractivity contribution in [2.75, 3.05) is 27.1 Å². The zero-order valence-electron chi connectivity index (χ0n) is 10.3. The van der Waals surface area contributed by atoms with Crippen LogP contribution in [-0.4, -0.2) is 39.0 Å². The number of halogens is 3. The van der Waals surface area contributed by atoms with Crippen molar-refractivity contribution < 1.29 is 27.5 Å². The smallest absolute Gasteiger partial charge is 0.305 e. The van der Waals surface area contributed by atoms with Crippen LogP contribution < -0.4 is 0 Å². The standard InChI is InChI=1S/C12H17F3O3/c1-18-11(17)5-3-2-4-10(6-16)12(7-13,8-14)9-15/h2-5,7-9H2,1H3. The van der Waals surface area contributed by atoms with E-state index in [0.717, 1.165) is 0 Å². The molecule has 0 aromatic carbocycles. The predicted octanol–water partition coefficient (Wildman–Crippen LogP) is 2.37. The number of allylic oxidation sites excluding steroid dienone is 1. The van der Waals surface area contributed by atoms with E-state index >= 15 is 0 Å². The SMILES string of the molecule is COC(=O)CCCCC(=C=O)C(CF)(CF)CF. The first-order valence-electron chi connectivity index (χ1n) is 5.59. The Bertz CT molecular complexity index is 299. The van der Waals surface area contributed by atoms with Crippen molar-refractivity contribution in [2.45, 2.75) is 25.7 Å². The van der Waals surface area contributed by atoms with Gasteiger partial charge in [0.25, 0.3) is 0 Å². The number of methoxy groups -OCH3 is 1. The van der Waals surface area contributed by atoms with Crippen molar-refractivity contribution in [2.24, 2.45) is 5.41 Å². The second-order valence-electron chi connectivity index (χ2n) is 4.05. The Labute approximate surface area is 104 Å². The fraction of sp³-hybridized carbons (Fsp3) is 0.750. The van der Waals surface area contributed by atoms with Gasteiger partial charge in [0, 0.05) is 12.0 Å². The predicted molar refractivity (Wildman–Crippen MR) is 60.0 cm³/mol. The molecule has 0 aliphatic rings. The summed E-state index contributed by atoms with van der Waals surface area (Å²) in [4.78, 5) is 21.5. The Morgan fingerprint density at radius 1 is 1.11 bits per heavy atom. The van der Waals surface area contributed by atoms with Gasteiger partial charge in [-0.25, -0.2) is 18.0 Å². The van der Waals surface area contributed by atoms with Gasteiger partial charge in [-0.2, -0.15) is 0 Å². The van der Waals surface area contributed by atoms with Crippen LogP contribution in [-0.2, 0) is 14.3 Å². The number of hydrogen-bond acceptors (Lipinski definition) is 3. The van der Waals surface area contributed by atoms with Gasteiger partial charge >= 0.3 is 5.97 Å². The van der Waals surface area contributed by atoms with Gasteiger partial charge in [-0.3, -0.25) is 4.79 Å². The Hall–Kier alpha value is -1.29. The Morgan fingerprint density at radius 3 is 2.00 bits per heavy atom. The quantitative estimate of drug-likeness (QED) is 0.365. The summed E-state index contributed by atoms with van der Waals surface area (Å²) in [6, 6.07) is 0. The highest BCUT2D eigenvalue weighted by Gasteiger charge is 2.36. The van der Waals surface area contributed by atoms with Crippen LogP contribution in [0.3, 0.4) is 0 Å². The second-order valence-corrected chi connectivity index (χ2v) is 4.05. The molecule has 0 aromatic heterocycles. The van der Waals surface area contributed by atoms with Gasteiger partial charge < -0.3 is 4.74 Å². The molecule has 0 atom stereocenters. The van der Waals surface area contributed by atoms with Crippen LogP contribution in [0.2, 0.25) is 0 Å². The molecule has 0 saturated heterocycles. The molecular weight excluding hydrogens is 249 g/mol. The highest BCUT2D eigenvalue weighted by molar-refractivity contribution is 5.69. The van der Waals surface area contributed by atoms with Crippen LogP contribution in [0, 0.1) is 5.41 Å². The number of rotatable bonds is 9. The van der Waals surface area contributed by atoms with Crippen molar-refractivity contribution in [1.29, 1.82) is 0 Å². The normalized spacial score (nSPS) is 10.9. The van der Waals surface area contributed by atoms with E-state index in [4.69, 9.17) is 0 Å². The van der Waals surface area contributed by atoms with E-state index in [9.17, 15) is 22.8 Å². The van der Waals surface area contributed by atoms with Crippen molar-refractivity contribution >= 4 is 11.9 Å². The Morgan fingerprint density at radius 2 is 1.61 bits per heavy atom. The maximum Gasteiger partial charge on any atom is 0.305 e. The highest BCUT2D eigenvalue weighted by atomic mass is 19.1. The fourth-order valence-electron chi connectivity index (χ4n) is 1.45. The largest absolute Gasteiger partial charge is 0.469 e. The maximum atomic E-state index is 12.7. The minimum absolute atomic E-state index is 0.0260. The van der Waals surface area contributed by atoms with Gasteiger partial charge in [0.1, 0.15) is 26.0 Å². The lowest BCUT2D eigenvalue weighted by molar-refractivity contribution is -0.140. The van der Waals surface area contributed by atoms with E-state index in [0.29, 0.717) is 12.8 Å². The number of ether oxygens (including phenoxy) is 1. The Kier molecular flexibility index (Phi) is 8.12. The molecule has 0 unspecified atom stereocenters. The summed E-state index contributed by atoms with van der Waals surface area (Å²) in [5, 5.41) is 0. The minimum Gasteiger partial charge on any atom is -0.469 e. The highest BCUT2D eigenvalue weighted by Crippen LogP contribution is 2.31. The average molecular weight is 266 g/mol. The van der Waals surface area contributed by atoms with E-state index in [1.165, 1.54) is 13.1 Å². The summed E-state index contributed by atoms with van der Waals surface area (Å²) in [5.74, 6) is 1.02. The topological polar surface area (TPSA) is 43.4 Å². The van der Waals surface area contributed by atoms with E-state index in [1.54, 1.807) is 0 Å². The monoisotopic (exact) mass is 266 g/mol. The van der Waals surface area contributed by atoms with E-state index in [2.05, 4.69) is 4.74 Å². The van der Waals surface area contributed by atoms with Gasteiger partial charge in [0.05, 0.1) is 12.5 Å². The lowest BCUT2D eigenvalue weighted by Crippen LogP contribution is -2.31. The molecule has 0 saturated carbocycles. The number of esters is 1. The zero-order chi connectivity index (χ0) is 14.0. The minimum atomic E-state index is -1.99. The molecule has 18 heavy (non-hydrogen) atoms. The third-order valence-corrected chi connectivity index (χ3v) is 2.82. The average Bonchev–Trinajstić information content (AvgIpc) is 2.42. The van der Waals surface area contributed by atoms with Crippen LogP contribution in [0.4, 0.5) is 13.2 Å². The van der Waals surface area contributed by atoms with Crippen LogP contribution in [0.5, 0.6) is 0 Å². The molecule has 104 valence electrons. The van der Waals surface area contributed by atoms with Crippen LogP contribution in [0.15, 0.2) is 5.57 Å². The molecule has 0 aromatic rings. The van der Waals surface area contributed by atoms with Crippen molar-refractivity contribution in [3.05, 3.63) is 5.57 Å². The molecule has 0 heterocycles. The lowest BCUT2D eigenvalue weighted by Gasteiger charge is -2.24. The van der Waals surface area contributed by atoms with Crippen molar-refractivity contribution in [3.63, 3.8) is 0 Å². The second kappa shape index (κ2) is 8.75. The summed E-state index contributed by atoms with van der Waals surface area (Å²) in [5.41, 5.74) is -2.23. The number of carbonyl (C=O) groups excluding carboxylic acids is 2. The molecule has 3 nitrogen and oxygen atoms in total. The van der Waals surface area contributed by atoms with E-state index in [1.807, 2.05) is 0 Å². The van der Waals surface area contributed by atoms with Gasteiger partial charge in [0.2, 0.25) is 0 Å². The number of carbonyl (C=O) groups is 1. The number of unbranched alkanes of at least 4 members (excludes halogenated alkanes) is 1. The van der Waals surface area contributed by atoms with Crippen LogP contribution >= 0.6 is 0 Å². The van der Waals surface area contributed by atoms with Crippen LogP contribution in [0.25, 0.3) is 0 Å². The third-order valence-electron chi connectivity index (χ3n) is 2.82. The summed E-state index contributed by atoms with van der Waals surface area (Å²) in [6.07, 6.45) is 0.926. The third kappa shape index (κ3) is 4.53. The van der Waals surface area contributed by atoms with Gasteiger partial charge in [-0.1, -0.05) is 0 Å². The molecule has 6 heteroatoms. The lowest BCUT2D eigenvalue weighted by atomic mass is 9.82. The molecule has 0 rings (SSSR count). The summed E-state index contributed by atoms with van der Waals surface area (Å²) in [7, 11) is 1.25. The van der Waals surface area contributed by atoms with Gasteiger partial charge in [-0.15, -0.1) is 0 Å². The molecule has 0 aliphatic heterocycles. The van der Waals surface area contributed by atoms with Crippen molar-refractivity contribution in [1.82, 2.24) is 0 Å². The Balaban J connectivity index is 4.36. The summed E-state index contributed by atoms with van der Waals surface area (Å²) >= 11 is 0. The van der Waals surface area contributed by atoms with Crippen LogP contribution in [0.1, 0.15) is 25.7 Å². The molecule has 0 radical (unpaired) electrons. The first-order chi connectivity index (χ1) is 8.60. The maximum absolute atomic E-state index is 12.7. The van der Waals surface area contributed by atoms with E-state index in [-0.39, 0.29) is 18.4 Å². The molecule has 0 N–H and O–H groups in total. The van der Waals surface area contributed by atoms with E-state index < -0.39 is 31.4 Å². The number of hydrogen-bond donors (Lipinski definition) is 0. The summed E-state index contributed by atoms with van der Waals surface area (Å²) in [6.45, 7) is -3.83. The summed E-state index contributed by atoms with van der Waals surface area (Å²) < 4.78 is 42.5. The first-order valence-corrected chi connectivity index (χ1v) is 5.59. The van der Waals surface area contributed by atoms with Gasteiger partial charge in [-0.05, 0) is 19.3 Å². The first kappa shape index (κ1) is 16.7. The van der Waals surface area contributed by atoms with Gasteiger partial charge in [0.15, 0.2) is 0 Å². The molecule has 0 spiro atoms. The molecule has 0 aliphatic carbocycles. The fourth-order valence-corrected chi connectivity index (χ4v) is 1.45.